The molecular formula is C18H26BrN3O2. The van der Waals surface area contributed by atoms with E-state index in [1.807, 2.05) is 43.3 Å². The lowest BCUT2D eigenvalue weighted by Gasteiger charge is -2.27. The maximum Gasteiger partial charge on any atom is 0.227 e. The second-order valence-electron chi connectivity index (χ2n) is 6.64. The van der Waals surface area contributed by atoms with Crippen molar-refractivity contribution in [3.63, 3.8) is 0 Å². The molecule has 1 aromatic carbocycles. The third kappa shape index (κ3) is 5.91. The number of rotatable bonds is 6. The molecule has 24 heavy (non-hydrogen) atoms. The van der Waals surface area contributed by atoms with Crippen LogP contribution in [0.5, 0.6) is 0 Å². The fraction of sp³-hybridized carbons (Fsp3) is 0.556. The van der Waals surface area contributed by atoms with Crippen LogP contribution in [0, 0.1) is 11.8 Å². The number of likely N-dealkylation sites (N-methyl/N-ethyl adjacent to an activating group) is 1. The fourth-order valence-electron chi connectivity index (χ4n) is 2.98. The summed E-state index contributed by atoms with van der Waals surface area (Å²) in [6.07, 6.45) is 3.10. The highest BCUT2D eigenvalue weighted by Crippen LogP contribution is 2.30. The first-order chi connectivity index (χ1) is 11.5. The van der Waals surface area contributed by atoms with Gasteiger partial charge < -0.3 is 15.5 Å². The Labute approximate surface area is 152 Å². The Hall–Kier alpha value is -1.40. The molecule has 2 amide bonds. The highest BCUT2D eigenvalue weighted by Gasteiger charge is 2.29. The number of benzene rings is 1. The molecule has 132 valence electrons. The van der Waals surface area contributed by atoms with E-state index >= 15 is 0 Å². The van der Waals surface area contributed by atoms with Crippen molar-refractivity contribution in [2.24, 2.45) is 11.8 Å². The van der Waals surface area contributed by atoms with Crippen LogP contribution in [0.15, 0.2) is 28.7 Å². The molecule has 6 heteroatoms. The monoisotopic (exact) mass is 395 g/mol. The summed E-state index contributed by atoms with van der Waals surface area (Å²) < 4.78 is 0.943. The van der Waals surface area contributed by atoms with Crippen LogP contribution < -0.4 is 10.6 Å². The minimum Gasteiger partial charge on any atom is -0.355 e. The van der Waals surface area contributed by atoms with E-state index in [1.165, 1.54) is 0 Å². The largest absolute Gasteiger partial charge is 0.355 e. The Balaban J connectivity index is 1.75. The van der Waals surface area contributed by atoms with Crippen LogP contribution in [-0.2, 0) is 9.59 Å². The summed E-state index contributed by atoms with van der Waals surface area (Å²) in [5.41, 5.74) is 0.804. The average molecular weight is 396 g/mol. The van der Waals surface area contributed by atoms with Gasteiger partial charge in [-0.2, -0.15) is 0 Å². The Kier molecular flexibility index (Phi) is 7.24. The van der Waals surface area contributed by atoms with Crippen molar-refractivity contribution in [1.29, 1.82) is 0 Å². The number of nitrogens with one attached hydrogen (secondary N) is 2. The first kappa shape index (κ1) is 18.9. The molecule has 0 atom stereocenters. The zero-order valence-corrected chi connectivity index (χ0v) is 15.9. The van der Waals surface area contributed by atoms with Gasteiger partial charge in [0, 0.05) is 35.1 Å². The van der Waals surface area contributed by atoms with E-state index in [2.05, 4.69) is 26.6 Å². The summed E-state index contributed by atoms with van der Waals surface area (Å²) in [6, 6.07) is 7.60. The maximum atomic E-state index is 12.4. The van der Waals surface area contributed by atoms with Crippen molar-refractivity contribution in [3.05, 3.63) is 28.7 Å². The summed E-state index contributed by atoms with van der Waals surface area (Å²) in [7, 11) is 3.97. The molecule has 1 fully saturated rings. The predicted molar refractivity (Wildman–Crippen MR) is 99.8 cm³/mol. The van der Waals surface area contributed by atoms with Crippen LogP contribution >= 0.6 is 15.9 Å². The number of carbonyl (C=O) groups is 2. The van der Waals surface area contributed by atoms with Gasteiger partial charge in [-0.1, -0.05) is 22.0 Å². The van der Waals surface area contributed by atoms with Crippen LogP contribution in [0.25, 0.3) is 0 Å². The lowest BCUT2D eigenvalue weighted by molar-refractivity contribution is -0.128. The van der Waals surface area contributed by atoms with Crippen LogP contribution in [0.2, 0.25) is 0 Å². The maximum absolute atomic E-state index is 12.4. The van der Waals surface area contributed by atoms with Crippen LogP contribution in [0.1, 0.15) is 25.7 Å². The van der Waals surface area contributed by atoms with E-state index in [0.29, 0.717) is 6.54 Å². The molecule has 1 saturated carbocycles. The van der Waals surface area contributed by atoms with Crippen molar-refractivity contribution in [3.8, 4) is 0 Å². The minimum atomic E-state index is -0.00481. The molecule has 0 aromatic heterocycles. The Morgan fingerprint density at radius 3 is 2.33 bits per heavy atom. The third-order valence-electron chi connectivity index (χ3n) is 4.42. The SMILES string of the molecule is CN(C)CCNC(=O)C1CCC(C(=O)Nc2cccc(Br)c2)CC1. The minimum absolute atomic E-state index is 0.00481. The Morgan fingerprint density at radius 2 is 1.75 bits per heavy atom. The number of hydrogen-bond donors (Lipinski definition) is 2. The molecule has 1 aliphatic carbocycles. The normalized spacial score (nSPS) is 20.7. The quantitative estimate of drug-likeness (QED) is 0.778. The van der Waals surface area contributed by atoms with Crippen molar-refractivity contribution < 1.29 is 9.59 Å². The molecule has 2 N–H and O–H groups in total. The number of nitrogens with zero attached hydrogens (tertiary/aromatic N) is 1. The van der Waals surface area contributed by atoms with Gasteiger partial charge in [0.05, 0.1) is 0 Å². The van der Waals surface area contributed by atoms with Gasteiger partial charge in [-0.3, -0.25) is 9.59 Å². The van der Waals surface area contributed by atoms with Gasteiger partial charge in [-0.05, 0) is 58.0 Å². The average Bonchev–Trinajstić information content (AvgIpc) is 2.54. The lowest BCUT2D eigenvalue weighted by atomic mass is 9.81. The zero-order chi connectivity index (χ0) is 17.5. The molecule has 0 heterocycles. The van der Waals surface area contributed by atoms with E-state index in [9.17, 15) is 9.59 Å². The van der Waals surface area contributed by atoms with E-state index in [-0.39, 0.29) is 23.7 Å². The van der Waals surface area contributed by atoms with Gasteiger partial charge >= 0.3 is 0 Å². The van der Waals surface area contributed by atoms with Gasteiger partial charge in [-0.25, -0.2) is 0 Å². The fourth-order valence-corrected chi connectivity index (χ4v) is 3.37. The van der Waals surface area contributed by atoms with Crippen molar-refractivity contribution in [1.82, 2.24) is 10.2 Å². The van der Waals surface area contributed by atoms with Crippen molar-refractivity contribution in [2.75, 3.05) is 32.5 Å². The zero-order valence-electron chi connectivity index (χ0n) is 14.3. The van der Waals surface area contributed by atoms with Gasteiger partial charge in [0.2, 0.25) is 11.8 Å². The predicted octanol–water partition coefficient (Wildman–Crippen LogP) is 2.87. The van der Waals surface area contributed by atoms with Gasteiger partial charge in [0.1, 0.15) is 0 Å². The molecular weight excluding hydrogens is 370 g/mol. The first-order valence-electron chi connectivity index (χ1n) is 8.44. The number of carbonyl (C=O) groups excluding carboxylic acids is 2. The highest BCUT2D eigenvalue weighted by molar-refractivity contribution is 9.10. The third-order valence-corrected chi connectivity index (χ3v) is 4.91. The summed E-state index contributed by atoms with van der Waals surface area (Å²) in [6.45, 7) is 1.52. The first-order valence-corrected chi connectivity index (χ1v) is 9.24. The molecule has 1 aromatic rings. The van der Waals surface area contributed by atoms with Gasteiger partial charge in [-0.15, -0.1) is 0 Å². The molecule has 0 aliphatic heterocycles. The smallest absolute Gasteiger partial charge is 0.227 e. The molecule has 0 bridgehead atoms. The molecule has 2 rings (SSSR count). The van der Waals surface area contributed by atoms with Crippen molar-refractivity contribution >= 4 is 33.4 Å². The van der Waals surface area contributed by atoms with E-state index in [0.717, 1.165) is 42.4 Å². The summed E-state index contributed by atoms with van der Waals surface area (Å²) in [4.78, 5) is 26.6. The summed E-state index contributed by atoms with van der Waals surface area (Å²) in [5.74, 6) is 0.221. The van der Waals surface area contributed by atoms with Gasteiger partial charge in [0.15, 0.2) is 0 Å². The Bertz CT molecular complexity index is 569. The number of halogens is 1. The molecule has 0 radical (unpaired) electrons. The standard InChI is InChI=1S/C18H26BrN3O2/c1-22(2)11-10-20-17(23)13-6-8-14(9-7-13)18(24)21-16-5-3-4-15(19)12-16/h3-5,12-14H,6-11H2,1-2H3,(H,20,23)(H,21,24). The Morgan fingerprint density at radius 1 is 1.12 bits per heavy atom. The number of amides is 2. The van der Waals surface area contributed by atoms with Crippen LogP contribution in [-0.4, -0.2) is 43.9 Å². The number of anilines is 1. The van der Waals surface area contributed by atoms with E-state index < -0.39 is 0 Å². The van der Waals surface area contributed by atoms with Crippen LogP contribution in [0.3, 0.4) is 0 Å². The highest BCUT2D eigenvalue weighted by atomic mass is 79.9. The van der Waals surface area contributed by atoms with Crippen molar-refractivity contribution in [2.45, 2.75) is 25.7 Å². The van der Waals surface area contributed by atoms with E-state index in [4.69, 9.17) is 0 Å². The molecule has 0 spiro atoms. The van der Waals surface area contributed by atoms with E-state index in [1.54, 1.807) is 0 Å². The topological polar surface area (TPSA) is 61.4 Å². The molecule has 0 saturated heterocycles. The second kappa shape index (κ2) is 9.18. The second-order valence-corrected chi connectivity index (χ2v) is 7.56. The summed E-state index contributed by atoms with van der Waals surface area (Å²) >= 11 is 3.40. The van der Waals surface area contributed by atoms with Crippen LogP contribution in [0.4, 0.5) is 5.69 Å². The lowest BCUT2D eigenvalue weighted by Crippen LogP contribution is -2.38. The molecule has 0 unspecified atom stereocenters. The molecule has 5 nitrogen and oxygen atoms in total. The summed E-state index contributed by atoms with van der Waals surface area (Å²) in [5, 5.41) is 5.96. The van der Waals surface area contributed by atoms with Gasteiger partial charge in [0.25, 0.3) is 0 Å². The number of hydrogen-bond acceptors (Lipinski definition) is 3. The molecule has 1 aliphatic rings.